The van der Waals surface area contributed by atoms with Crippen LogP contribution in [0.25, 0.3) is 22.1 Å². The Morgan fingerprint density at radius 2 is 1.97 bits per heavy atom. The number of hydrogen-bond donors (Lipinski definition) is 1. The Morgan fingerprint density at radius 3 is 2.79 bits per heavy atom. The number of thioether (sulfide) groups is 2. The highest BCUT2D eigenvalue weighted by Gasteiger charge is 2.20. The second-order valence-corrected chi connectivity index (χ2v) is 10.2. The lowest BCUT2D eigenvalue weighted by Crippen LogP contribution is -2.30. The Morgan fingerprint density at radius 1 is 1.12 bits per heavy atom. The van der Waals surface area contributed by atoms with E-state index in [2.05, 4.69) is 27.2 Å². The Balaban J connectivity index is 1.21. The Hall–Kier alpha value is -2.79. The van der Waals surface area contributed by atoms with Gasteiger partial charge >= 0.3 is 0 Å². The predicted octanol–water partition coefficient (Wildman–Crippen LogP) is 3.98. The number of nitrogens with one attached hydrogen (secondary N) is 1. The third-order valence-corrected chi connectivity index (χ3v) is 7.19. The van der Waals surface area contributed by atoms with Crippen molar-refractivity contribution in [2.75, 3.05) is 36.0 Å². The van der Waals surface area contributed by atoms with Gasteiger partial charge < -0.3 is 14.6 Å². The largest absolute Gasteiger partial charge is 0.431 e. The molecule has 3 aromatic heterocycles. The molecule has 0 bridgehead atoms. The number of carbonyl (C=O) groups is 1. The summed E-state index contributed by atoms with van der Waals surface area (Å²) in [5.41, 5.74) is 2.34. The maximum absolute atomic E-state index is 12.4. The van der Waals surface area contributed by atoms with Gasteiger partial charge in [0.25, 0.3) is 5.22 Å². The number of carbonyl (C=O) groups excluding carboxylic acids is 1. The number of aromatic nitrogens is 5. The van der Waals surface area contributed by atoms with E-state index in [1.165, 1.54) is 31.0 Å². The van der Waals surface area contributed by atoms with Crippen LogP contribution >= 0.6 is 23.5 Å². The van der Waals surface area contributed by atoms with Crippen molar-refractivity contribution in [1.82, 2.24) is 30.0 Å². The molecular formula is C23H27N7O2S2. The Kier molecular flexibility index (Phi) is 7.19. The summed E-state index contributed by atoms with van der Waals surface area (Å²) in [6.45, 7) is 5.13. The molecule has 0 atom stereocenters. The first-order valence-electron chi connectivity index (χ1n) is 11.6. The van der Waals surface area contributed by atoms with Gasteiger partial charge in [0.05, 0.1) is 23.9 Å². The number of oxazole rings is 1. The third kappa shape index (κ3) is 5.15. The summed E-state index contributed by atoms with van der Waals surface area (Å²) in [5, 5.41) is 9.77. The van der Waals surface area contributed by atoms with E-state index in [1.807, 2.05) is 35.1 Å². The number of benzene rings is 1. The standard InChI is InChI=1S/C23H27N7O2S2/c1-2-33-22-27-20(29-11-6-3-7-12-29)16-14-25-30(21(16)28-22)13-10-24-19(31)15-34-23-26-17-8-4-5-9-18(17)32-23/h4-5,8-9,14H,2-3,6-7,10-13,15H2,1H3,(H,24,31). The van der Waals surface area contributed by atoms with Crippen molar-refractivity contribution in [2.24, 2.45) is 0 Å². The lowest BCUT2D eigenvalue weighted by atomic mass is 10.1. The SMILES string of the molecule is CCSc1nc(N2CCCCC2)c2cnn(CCNC(=O)CSc3nc4ccccc4o3)c2n1. The van der Waals surface area contributed by atoms with Gasteiger partial charge in [-0.3, -0.25) is 4.79 Å². The summed E-state index contributed by atoms with van der Waals surface area (Å²) in [4.78, 5) is 28.7. The van der Waals surface area contributed by atoms with Crippen molar-refractivity contribution in [2.45, 2.75) is 43.1 Å². The van der Waals surface area contributed by atoms with Crippen molar-refractivity contribution in [3.05, 3.63) is 30.5 Å². The molecule has 11 heteroatoms. The summed E-state index contributed by atoms with van der Waals surface area (Å²) in [6.07, 6.45) is 5.49. The third-order valence-electron chi connectivity index (χ3n) is 5.63. The van der Waals surface area contributed by atoms with Gasteiger partial charge in [-0.05, 0) is 37.1 Å². The van der Waals surface area contributed by atoms with E-state index in [4.69, 9.17) is 14.4 Å². The first kappa shape index (κ1) is 23.0. The molecule has 0 aliphatic carbocycles. The van der Waals surface area contributed by atoms with Crippen LogP contribution in [0, 0.1) is 0 Å². The fourth-order valence-corrected chi connectivity index (χ4v) is 5.25. The smallest absolute Gasteiger partial charge is 0.257 e. The van der Waals surface area contributed by atoms with Crippen LogP contribution in [0.15, 0.2) is 45.3 Å². The molecule has 1 N–H and O–H groups in total. The highest BCUT2D eigenvalue weighted by atomic mass is 32.2. The molecule has 9 nitrogen and oxygen atoms in total. The summed E-state index contributed by atoms with van der Waals surface area (Å²) in [7, 11) is 0. The molecule has 0 radical (unpaired) electrons. The molecule has 0 unspecified atom stereocenters. The van der Waals surface area contributed by atoms with Gasteiger partial charge in [-0.15, -0.1) is 0 Å². The van der Waals surface area contributed by atoms with E-state index in [0.29, 0.717) is 18.3 Å². The van der Waals surface area contributed by atoms with Gasteiger partial charge in [0, 0.05) is 19.6 Å². The number of hydrogen-bond acceptors (Lipinski definition) is 9. The zero-order valence-electron chi connectivity index (χ0n) is 19.1. The van der Waals surface area contributed by atoms with E-state index < -0.39 is 0 Å². The van der Waals surface area contributed by atoms with E-state index >= 15 is 0 Å². The average molecular weight is 498 g/mol. The minimum Gasteiger partial charge on any atom is -0.431 e. The topological polar surface area (TPSA) is 102 Å². The Labute approximate surface area is 206 Å². The van der Waals surface area contributed by atoms with Crippen molar-refractivity contribution < 1.29 is 9.21 Å². The van der Waals surface area contributed by atoms with Gasteiger partial charge in [0.1, 0.15) is 11.3 Å². The average Bonchev–Trinajstić information content (AvgIpc) is 3.47. The minimum absolute atomic E-state index is 0.0745. The van der Waals surface area contributed by atoms with Crippen molar-refractivity contribution in [1.29, 1.82) is 0 Å². The van der Waals surface area contributed by atoms with Crippen LogP contribution in [0.2, 0.25) is 0 Å². The number of piperidine rings is 1. The molecule has 1 amide bonds. The maximum atomic E-state index is 12.4. The van der Waals surface area contributed by atoms with Gasteiger partial charge in [-0.2, -0.15) is 5.10 Å². The van der Waals surface area contributed by atoms with E-state index in [9.17, 15) is 4.79 Å². The summed E-state index contributed by atoms with van der Waals surface area (Å²) in [5.74, 6) is 2.05. The first-order chi connectivity index (χ1) is 16.7. The number of fused-ring (bicyclic) bond motifs is 2. The normalized spacial score (nSPS) is 14.2. The molecular weight excluding hydrogens is 470 g/mol. The fraction of sp³-hybridized carbons (Fsp3) is 0.435. The van der Waals surface area contributed by atoms with E-state index in [1.54, 1.807) is 11.8 Å². The summed E-state index contributed by atoms with van der Waals surface area (Å²) < 4.78 is 7.52. The fourth-order valence-electron chi connectivity index (χ4n) is 4.02. The van der Waals surface area contributed by atoms with E-state index in [0.717, 1.165) is 51.9 Å². The number of rotatable bonds is 9. The highest BCUT2D eigenvalue weighted by Crippen LogP contribution is 2.29. The number of nitrogens with zero attached hydrogens (tertiary/aromatic N) is 6. The van der Waals surface area contributed by atoms with Gasteiger partial charge in [-0.1, -0.05) is 42.6 Å². The molecule has 4 aromatic rings. The molecule has 34 heavy (non-hydrogen) atoms. The summed E-state index contributed by atoms with van der Waals surface area (Å²) in [6, 6.07) is 7.57. The Bertz CT molecular complexity index is 1250. The van der Waals surface area contributed by atoms with Crippen LogP contribution in [-0.2, 0) is 11.3 Å². The molecule has 1 aliphatic rings. The number of amides is 1. The predicted molar refractivity (Wildman–Crippen MR) is 136 cm³/mol. The van der Waals surface area contributed by atoms with Crippen LogP contribution < -0.4 is 10.2 Å². The second-order valence-electron chi connectivity index (χ2n) is 8.00. The molecule has 0 spiro atoms. The zero-order valence-corrected chi connectivity index (χ0v) is 20.7. The van der Waals surface area contributed by atoms with Crippen LogP contribution in [0.4, 0.5) is 5.82 Å². The van der Waals surface area contributed by atoms with Crippen molar-refractivity contribution >= 4 is 57.4 Å². The van der Waals surface area contributed by atoms with Crippen LogP contribution in [0.5, 0.6) is 0 Å². The van der Waals surface area contributed by atoms with Gasteiger partial charge in [0.2, 0.25) is 5.91 Å². The molecule has 1 saturated heterocycles. The molecule has 0 saturated carbocycles. The molecule has 4 heterocycles. The van der Waals surface area contributed by atoms with Gasteiger partial charge in [-0.25, -0.2) is 19.6 Å². The molecule has 1 fully saturated rings. The monoisotopic (exact) mass is 497 g/mol. The highest BCUT2D eigenvalue weighted by molar-refractivity contribution is 7.99. The second kappa shape index (κ2) is 10.6. The lowest BCUT2D eigenvalue weighted by Gasteiger charge is -2.28. The van der Waals surface area contributed by atoms with Crippen LogP contribution in [0.3, 0.4) is 0 Å². The molecule has 1 aromatic carbocycles. The lowest BCUT2D eigenvalue weighted by molar-refractivity contribution is -0.118. The van der Waals surface area contributed by atoms with Crippen LogP contribution in [-0.4, -0.2) is 61.8 Å². The maximum Gasteiger partial charge on any atom is 0.257 e. The number of para-hydroxylation sites is 2. The van der Waals surface area contributed by atoms with Crippen molar-refractivity contribution in [3.63, 3.8) is 0 Å². The van der Waals surface area contributed by atoms with Gasteiger partial charge in [0.15, 0.2) is 16.4 Å². The molecule has 1 aliphatic heterocycles. The minimum atomic E-state index is -0.0745. The molecule has 5 rings (SSSR count). The van der Waals surface area contributed by atoms with Crippen LogP contribution in [0.1, 0.15) is 26.2 Å². The summed E-state index contributed by atoms with van der Waals surface area (Å²) >= 11 is 2.93. The number of anilines is 1. The van der Waals surface area contributed by atoms with Crippen molar-refractivity contribution in [3.8, 4) is 0 Å². The zero-order chi connectivity index (χ0) is 23.3. The quantitative estimate of drug-likeness (QED) is 0.272. The first-order valence-corrected chi connectivity index (χ1v) is 13.5. The van der Waals surface area contributed by atoms with E-state index in [-0.39, 0.29) is 11.7 Å². The molecule has 178 valence electrons.